The van der Waals surface area contributed by atoms with Gasteiger partial charge >= 0.3 is 5.97 Å². The van der Waals surface area contributed by atoms with E-state index in [-0.39, 0.29) is 18.4 Å². The van der Waals surface area contributed by atoms with Crippen molar-refractivity contribution in [2.45, 2.75) is 32.2 Å². The van der Waals surface area contributed by atoms with Crippen LogP contribution in [0.2, 0.25) is 0 Å². The summed E-state index contributed by atoms with van der Waals surface area (Å²) in [5.74, 6) is 0.0940. The van der Waals surface area contributed by atoms with Gasteiger partial charge in [-0.3, -0.25) is 9.59 Å². The number of ether oxygens (including phenoxy) is 2. The van der Waals surface area contributed by atoms with Gasteiger partial charge in [0, 0.05) is 24.4 Å². The molecule has 1 heterocycles. The molecule has 2 N–H and O–H groups in total. The Kier molecular flexibility index (Phi) is 5.03. The SMILES string of the molecule is CC(CCC(=O)O)NC(=O)c1ccc2c(c1)OCCCO2. The lowest BCUT2D eigenvalue weighted by atomic mass is 10.1. The largest absolute Gasteiger partial charge is 0.490 e. The minimum absolute atomic E-state index is 0.0303. The van der Waals surface area contributed by atoms with Crippen molar-refractivity contribution in [3.05, 3.63) is 23.8 Å². The second-order valence-electron chi connectivity index (χ2n) is 5.02. The van der Waals surface area contributed by atoms with Crippen LogP contribution in [0, 0.1) is 0 Å². The molecule has 6 heteroatoms. The molecule has 1 atom stereocenters. The summed E-state index contributed by atoms with van der Waals surface area (Å²) < 4.78 is 11.0. The molecular weight excluding hydrogens is 274 g/mol. The summed E-state index contributed by atoms with van der Waals surface area (Å²) in [6.07, 6.45) is 1.23. The molecule has 0 radical (unpaired) electrons. The first-order chi connectivity index (χ1) is 10.1. The number of carbonyl (C=O) groups excluding carboxylic acids is 1. The van der Waals surface area contributed by atoms with Crippen LogP contribution in [0.5, 0.6) is 11.5 Å². The molecule has 0 saturated heterocycles. The normalized spacial score (nSPS) is 14.9. The number of carbonyl (C=O) groups is 2. The zero-order chi connectivity index (χ0) is 15.2. The van der Waals surface area contributed by atoms with Crippen LogP contribution < -0.4 is 14.8 Å². The summed E-state index contributed by atoms with van der Waals surface area (Å²) in [6.45, 7) is 2.95. The fourth-order valence-electron chi connectivity index (χ4n) is 2.02. The predicted octanol–water partition coefficient (Wildman–Crippen LogP) is 1.83. The first kappa shape index (κ1) is 15.2. The van der Waals surface area contributed by atoms with E-state index in [1.807, 2.05) is 0 Å². The van der Waals surface area contributed by atoms with Crippen LogP contribution in [-0.2, 0) is 4.79 Å². The van der Waals surface area contributed by atoms with Crippen LogP contribution >= 0.6 is 0 Å². The molecular formula is C15H19NO5. The van der Waals surface area contributed by atoms with Crippen LogP contribution in [0.15, 0.2) is 18.2 Å². The predicted molar refractivity (Wildman–Crippen MR) is 75.8 cm³/mol. The zero-order valence-corrected chi connectivity index (χ0v) is 11.9. The standard InChI is InChI=1S/C15H19NO5/c1-10(3-6-14(17)18)16-15(19)11-4-5-12-13(9-11)21-8-2-7-20-12/h4-5,9-10H,2-3,6-8H2,1H3,(H,16,19)(H,17,18). The van der Waals surface area contributed by atoms with Crippen molar-refractivity contribution in [1.82, 2.24) is 5.32 Å². The Morgan fingerprint density at radius 2 is 2.00 bits per heavy atom. The topological polar surface area (TPSA) is 84.9 Å². The number of carboxylic acids is 1. The Hall–Kier alpha value is -2.24. The summed E-state index contributed by atoms with van der Waals surface area (Å²) in [5, 5.41) is 11.4. The first-order valence-corrected chi connectivity index (χ1v) is 6.98. The minimum Gasteiger partial charge on any atom is -0.490 e. The second kappa shape index (κ2) is 6.97. The van der Waals surface area contributed by atoms with Crippen molar-refractivity contribution in [2.24, 2.45) is 0 Å². The Bertz CT molecular complexity index is 529. The Morgan fingerprint density at radius 1 is 1.29 bits per heavy atom. The molecule has 0 bridgehead atoms. The third-order valence-corrected chi connectivity index (χ3v) is 3.18. The van der Waals surface area contributed by atoms with Gasteiger partial charge in [0.05, 0.1) is 13.2 Å². The third-order valence-electron chi connectivity index (χ3n) is 3.18. The molecule has 2 rings (SSSR count). The average molecular weight is 293 g/mol. The van der Waals surface area contributed by atoms with Crippen molar-refractivity contribution in [3.63, 3.8) is 0 Å². The van der Waals surface area contributed by atoms with Crippen LogP contribution in [0.4, 0.5) is 0 Å². The molecule has 0 aromatic heterocycles. The highest BCUT2D eigenvalue weighted by Crippen LogP contribution is 2.30. The number of benzene rings is 1. The smallest absolute Gasteiger partial charge is 0.303 e. The van der Waals surface area contributed by atoms with Gasteiger partial charge in [-0.15, -0.1) is 0 Å². The summed E-state index contributed by atoms with van der Waals surface area (Å²) in [6, 6.07) is 4.84. The molecule has 1 aliphatic rings. The second-order valence-corrected chi connectivity index (χ2v) is 5.02. The van der Waals surface area contributed by atoms with Crippen LogP contribution in [0.25, 0.3) is 0 Å². The highest BCUT2D eigenvalue weighted by atomic mass is 16.5. The Balaban J connectivity index is 1.99. The Labute approximate surface area is 123 Å². The van der Waals surface area contributed by atoms with Crippen molar-refractivity contribution in [1.29, 1.82) is 0 Å². The maximum absolute atomic E-state index is 12.1. The summed E-state index contributed by atoms with van der Waals surface area (Å²) in [7, 11) is 0. The number of fused-ring (bicyclic) bond motifs is 1. The molecule has 114 valence electrons. The number of carboxylic acid groups (broad SMARTS) is 1. The number of hydrogen-bond donors (Lipinski definition) is 2. The number of amides is 1. The maximum Gasteiger partial charge on any atom is 0.303 e. The van der Waals surface area contributed by atoms with Gasteiger partial charge in [0.25, 0.3) is 5.91 Å². The molecule has 0 fully saturated rings. The van der Waals surface area contributed by atoms with Crippen molar-refractivity contribution in [2.75, 3.05) is 13.2 Å². The first-order valence-electron chi connectivity index (χ1n) is 6.98. The monoisotopic (exact) mass is 293 g/mol. The van der Waals surface area contributed by atoms with Gasteiger partial charge < -0.3 is 19.9 Å². The number of aliphatic carboxylic acids is 1. The molecule has 1 unspecified atom stereocenters. The summed E-state index contributed by atoms with van der Waals surface area (Å²) >= 11 is 0. The van der Waals surface area contributed by atoms with E-state index in [1.54, 1.807) is 25.1 Å². The lowest BCUT2D eigenvalue weighted by molar-refractivity contribution is -0.137. The van der Waals surface area contributed by atoms with Gasteiger partial charge in [0.2, 0.25) is 0 Å². The Morgan fingerprint density at radius 3 is 2.71 bits per heavy atom. The molecule has 0 spiro atoms. The number of rotatable bonds is 5. The van der Waals surface area contributed by atoms with Crippen molar-refractivity contribution in [3.8, 4) is 11.5 Å². The van der Waals surface area contributed by atoms with Crippen LogP contribution in [-0.4, -0.2) is 36.2 Å². The molecule has 0 aliphatic carbocycles. The molecule has 21 heavy (non-hydrogen) atoms. The van der Waals surface area contributed by atoms with E-state index in [9.17, 15) is 9.59 Å². The number of nitrogens with one attached hydrogen (secondary N) is 1. The maximum atomic E-state index is 12.1. The fraction of sp³-hybridized carbons (Fsp3) is 0.467. The highest BCUT2D eigenvalue weighted by molar-refractivity contribution is 5.95. The van der Waals surface area contributed by atoms with E-state index in [0.29, 0.717) is 36.7 Å². The van der Waals surface area contributed by atoms with Gasteiger partial charge in [-0.1, -0.05) is 0 Å². The van der Waals surface area contributed by atoms with E-state index in [0.717, 1.165) is 6.42 Å². The average Bonchev–Trinajstić information content (AvgIpc) is 2.69. The van der Waals surface area contributed by atoms with E-state index < -0.39 is 5.97 Å². The van der Waals surface area contributed by atoms with Gasteiger partial charge in [-0.05, 0) is 31.5 Å². The highest BCUT2D eigenvalue weighted by Gasteiger charge is 2.15. The van der Waals surface area contributed by atoms with Gasteiger partial charge in [0.15, 0.2) is 11.5 Å². The quantitative estimate of drug-likeness (QED) is 0.865. The molecule has 0 saturated carbocycles. The third kappa shape index (κ3) is 4.37. The van der Waals surface area contributed by atoms with Crippen molar-refractivity contribution < 1.29 is 24.2 Å². The minimum atomic E-state index is -0.869. The lowest BCUT2D eigenvalue weighted by Crippen LogP contribution is -2.32. The molecule has 1 aliphatic heterocycles. The fourth-order valence-corrected chi connectivity index (χ4v) is 2.02. The van der Waals surface area contributed by atoms with E-state index >= 15 is 0 Å². The van der Waals surface area contributed by atoms with Crippen LogP contribution in [0.1, 0.15) is 36.5 Å². The molecule has 1 amide bonds. The van der Waals surface area contributed by atoms with Crippen molar-refractivity contribution >= 4 is 11.9 Å². The summed E-state index contributed by atoms with van der Waals surface area (Å²) in [5.41, 5.74) is 0.474. The lowest BCUT2D eigenvalue weighted by Gasteiger charge is -2.14. The summed E-state index contributed by atoms with van der Waals surface area (Å²) in [4.78, 5) is 22.6. The van der Waals surface area contributed by atoms with E-state index in [4.69, 9.17) is 14.6 Å². The molecule has 1 aromatic carbocycles. The molecule has 6 nitrogen and oxygen atoms in total. The van der Waals surface area contributed by atoms with Gasteiger partial charge in [0.1, 0.15) is 0 Å². The zero-order valence-electron chi connectivity index (χ0n) is 11.9. The van der Waals surface area contributed by atoms with Gasteiger partial charge in [-0.25, -0.2) is 0 Å². The molecule has 1 aromatic rings. The van der Waals surface area contributed by atoms with E-state index in [1.165, 1.54) is 0 Å². The van der Waals surface area contributed by atoms with Gasteiger partial charge in [-0.2, -0.15) is 0 Å². The number of hydrogen-bond acceptors (Lipinski definition) is 4. The van der Waals surface area contributed by atoms with Crippen LogP contribution in [0.3, 0.4) is 0 Å². The van der Waals surface area contributed by atoms with E-state index in [2.05, 4.69) is 5.32 Å².